The molecule has 25 heavy (non-hydrogen) atoms. The third-order valence-electron chi connectivity index (χ3n) is 5.75. The van der Waals surface area contributed by atoms with Crippen molar-refractivity contribution in [3.63, 3.8) is 0 Å². The van der Waals surface area contributed by atoms with Crippen molar-refractivity contribution in [2.24, 2.45) is 11.8 Å². The van der Waals surface area contributed by atoms with Gasteiger partial charge in [0.05, 0.1) is 0 Å². The van der Waals surface area contributed by atoms with Gasteiger partial charge in [-0.05, 0) is 48.9 Å². The summed E-state index contributed by atoms with van der Waals surface area (Å²) in [5.41, 5.74) is 2.43. The van der Waals surface area contributed by atoms with Gasteiger partial charge in [0.15, 0.2) is 0 Å². The van der Waals surface area contributed by atoms with E-state index in [0.717, 1.165) is 44.7 Å². The number of amides is 1. The van der Waals surface area contributed by atoms with Crippen molar-refractivity contribution in [1.82, 2.24) is 4.90 Å². The molecule has 2 aliphatic rings. The van der Waals surface area contributed by atoms with Gasteiger partial charge >= 0.3 is 0 Å². The molecule has 4 rings (SSSR count). The van der Waals surface area contributed by atoms with Crippen LogP contribution in [0.5, 0.6) is 0 Å². The summed E-state index contributed by atoms with van der Waals surface area (Å²) in [5.74, 6) is 1.48. The number of nitrogens with zero attached hydrogens (tertiary/aromatic N) is 2. The number of fused-ring (bicyclic) bond motifs is 1. The molecule has 0 aliphatic carbocycles. The fourth-order valence-corrected chi connectivity index (χ4v) is 4.37. The summed E-state index contributed by atoms with van der Waals surface area (Å²) in [4.78, 5) is 17.3. The zero-order valence-electron chi connectivity index (χ0n) is 14.7. The summed E-state index contributed by atoms with van der Waals surface area (Å²) < 4.78 is 0. The van der Waals surface area contributed by atoms with E-state index in [0.29, 0.717) is 24.2 Å². The highest BCUT2D eigenvalue weighted by atomic mass is 16.2. The average molecular weight is 334 g/mol. The lowest BCUT2D eigenvalue weighted by molar-refractivity contribution is -0.119. The number of anilines is 1. The van der Waals surface area contributed by atoms with Crippen LogP contribution >= 0.6 is 0 Å². The number of hydrogen-bond donors (Lipinski definition) is 0. The average Bonchev–Trinajstić information content (AvgIpc) is 2.81. The van der Waals surface area contributed by atoms with E-state index in [2.05, 4.69) is 47.4 Å². The second-order valence-corrected chi connectivity index (χ2v) is 7.40. The molecule has 0 saturated carbocycles. The summed E-state index contributed by atoms with van der Waals surface area (Å²) in [6.07, 6.45) is 2.96. The minimum Gasteiger partial charge on any atom is -0.312 e. The maximum Gasteiger partial charge on any atom is 0.227 e. The van der Waals surface area contributed by atoms with Crippen molar-refractivity contribution in [1.29, 1.82) is 0 Å². The van der Waals surface area contributed by atoms with E-state index >= 15 is 0 Å². The highest BCUT2D eigenvalue weighted by Gasteiger charge is 2.35. The summed E-state index contributed by atoms with van der Waals surface area (Å²) >= 11 is 0. The minimum atomic E-state index is 0.301. The molecular weight excluding hydrogens is 308 g/mol. The fraction of sp³-hybridized carbons (Fsp3) is 0.409. The van der Waals surface area contributed by atoms with Crippen LogP contribution in [0, 0.1) is 11.8 Å². The largest absolute Gasteiger partial charge is 0.312 e. The Labute approximate surface area is 150 Å². The lowest BCUT2D eigenvalue weighted by Gasteiger charge is -2.37. The van der Waals surface area contributed by atoms with Gasteiger partial charge in [0.25, 0.3) is 0 Å². The van der Waals surface area contributed by atoms with Crippen LogP contribution in [0.3, 0.4) is 0 Å². The molecule has 0 unspecified atom stereocenters. The van der Waals surface area contributed by atoms with E-state index in [9.17, 15) is 4.79 Å². The standard InChI is InChI=1S/C22H26N2O/c25-22-15-19-11-13-23(16-18-7-3-1-4-8-18)17-20(19)12-14-24(22)21-9-5-2-6-10-21/h1-10,19-20H,11-17H2/t19-,20+/m1/s1. The Morgan fingerprint density at radius 1 is 0.840 bits per heavy atom. The predicted octanol–water partition coefficient (Wildman–Crippen LogP) is 3.95. The van der Waals surface area contributed by atoms with Crippen LogP contribution in [0.4, 0.5) is 5.69 Å². The maximum absolute atomic E-state index is 12.8. The molecular formula is C22H26N2O. The third-order valence-corrected chi connectivity index (χ3v) is 5.75. The Balaban J connectivity index is 1.42. The summed E-state index contributed by atoms with van der Waals surface area (Å²) in [5, 5.41) is 0. The van der Waals surface area contributed by atoms with Gasteiger partial charge in [-0.3, -0.25) is 9.69 Å². The van der Waals surface area contributed by atoms with Gasteiger partial charge in [-0.25, -0.2) is 0 Å². The first-order valence-electron chi connectivity index (χ1n) is 9.41. The predicted molar refractivity (Wildman–Crippen MR) is 101 cm³/mol. The number of carbonyl (C=O) groups excluding carboxylic acids is 1. The number of rotatable bonds is 3. The van der Waals surface area contributed by atoms with Crippen LogP contribution in [0.2, 0.25) is 0 Å². The quantitative estimate of drug-likeness (QED) is 0.848. The molecule has 2 aliphatic heterocycles. The molecule has 2 atom stereocenters. The van der Waals surface area contributed by atoms with E-state index in [-0.39, 0.29) is 0 Å². The normalized spacial score (nSPS) is 24.6. The Bertz CT molecular complexity index is 700. The zero-order chi connectivity index (χ0) is 17.1. The molecule has 2 aromatic rings. The number of para-hydroxylation sites is 1. The Hall–Kier alpha value is -2.13. The van der Waals surface area contributed by atoms with Gasteiger partial charge in [-0.1, -0.05) is 48.5 Å². The number of hydrogen-bond acceptors (Lipinski definition) is 2. The maximum atomic E-state index is 12.8. The molecule has 0 spiro atoms. The van der Waals surface area contributed by atoms with Crippen LogP contribution in [-0.2, 0) is 11.3 Å². The SMILES string of the molecule is O=C1C[C@H]2CCN(Cc3ccccc3)C[C@@H]2CCN1c1ccccc1. The number of carbonyl (C=O) groups is 1. The molecule has 3 nitrogen and oxygen atoms in total. The van der Waals surface area contributed by atoms with E-state index in [1.807, 2.05) is 23.1 Å². The summed E-state index contributed by atoms with van der Waals surface area (Å²) in [6, 6.07) is 20.9. The molecule has 3 heteroatoms. The van der Waals surface area contributed by atoms with Crippen LogP contribution in [0.25, 0.3) is 0 Å². The van der Waals surface area contributed by atoms with Crippen LogP contribution in [0.1, 0.15) is 24.8 Å². The molecule has 2 heterocycles. The minimum absolute atomic E-state index is 0.301. The van der Waals surface area contributed by atoms with Crippen molar-refractivity contribution < 1.29 is 4.79 Å². The van der Waals surface area contributed by atoms with Crippen molar-refractivity contribution in [3.8, 4) is 0 Å². The Kier molecular flexibility index (Phi) is 4.84. The van der Waals surface area contributed by atoms with Gasteiger partial charge in [0.1, 0.15) is 0 Å². The van der Waals surface area contributed by atoms with E-state index in [4.69, 9.17) is 0 Å². The van der Waals surface area contributed by atoms with E-state index < -0.39 is 0 Å². The molecule has 0 aromatic heterocycles. The summed E-state index contributed by atoms with van der Waals surface area (Å²) in [7, 11) is 0. The number of likely N-dealkylation sites (tertiary alicyclic amines) is 1. The van der Waals surface area contributed by atoms with Crippen LogP contribution < -0.4 is 4.90 Å². The molecule has 2 fully saturated rings. The van der Waals surface area contributed by atoms with Crippen LogP contribution in [-0.4, -0.2) is 30.4 Å². The monoisotopic (exact) mass is 334 g/mol. The van der Waals surface area contributed by atoms with Crippen molar-refractivity contribution in [2.45, 2.75) is 25.8 Å². The molecule has 0 bridgehead atoms. The summed E-state index contributed by atoms with van der Waals surface area (Å²) in [6.45, 7) is 4.10. The molecule has 0 N–H and O–H groups in total. The van der Waals surface area contributed by atoms with E-state index in [1.54, 1.807) is 0 Å². The van der Waals surface area contributed by atoms with Gasteiger partial charge in [-0.15, -0.1) is 0 Å². The van der Waals surface area contributed by atoms with Crippen molar-refractivity contribution >= 4 is 11.6 Å². The lowest BCUT2D eigenvalue weighted by atomic mass is 9.82. The first kappa shape index (κ1) is 16.3. The van der Waals surface area contributed by atoms with Crippen molar-refractivity contribution in [3.05, 3.63) is 66.2 Å². The Morgan fingerprint density at radius 2 is 1.52 bits per heavy atom. The highest BCUT2D eigenvalue weighted by Crippen LogP contribution is 2.34. The highest BCUT2D eigenvalue weighted by molar-refractivity contribution is 5.93. The second-order valence-electron chi connectivity index (χ2n) is 7.40. The number of piperidine rings is 1. The number of benzene rings is 2. The molecule has 130 valence electrons. The topological polar surface area (TPSA) is 23.6 Å². The fourth-order valence-electron chi connectivity index (χ4n) is 4.37. The van der Waals surface area contributed by atoms with Gasteiger partial charge < -0.3 is 4.90 Å². The smallest absolute Gasteiger partial charge is 0.227 e. The van der Waals surface area contributed by atoms with Crippen LogP contribution in [0.15, 0.2) is 60.7 Å². The van der Waals surface area contributed by atoms with Gasteiger partial charge in [-0.2, -0.15) is 0 Å². The Morgan fingerprint density at radius 3 is 2.28 bits per heavy atom. The second kappa shape index (κ2) is 7.40. The van der Waals surface area contributed by atoms with Crippen molar-refractivity contribution in [2.75, 3.05) is 24.5 Å². The van der Waals surface area contributed by atoms with Gasteiger partial charge in [0.2, 0.25) is 5.91 Å². The first-order chi connectivity index (χ1) is 12.3. The van der Waals surface area contributed by atoms with Gasteiger partial charge in [0, 0.05) is 31.7 Å². The molecule has 1 amide bonds. The lowest BCUT2D eigenvalue weighted by Crippen LogP contribution is -2.40. The molecule has 2 saturated heterocycles. The molecule has 2 aromatic carbocycles. The third kappa shape index (κ3) is 3.77. The zero-order valence-corrected chi connectivity index (χ0v) is 14.7. The van der Waals surface area contributed by atoms with E-state index in [1.165, 1.54) is 5.56 Å². The first-order valence-corrected chi connectivity index (χ1v) is 9.41. The molecule has 0 radical (unpaired) electrons.